The number of nitrogens with one attached hydrogen (secondary N) is 1. The molecule has 0 aliphatic heterocycles. The molecule has 1 aromatic carbocycles. The number of aryl methyl sites for hydroxylation is 2. The first-order chi connectivity index (χ1) is 13.7. The van der Waals surface area contributed by atoms with Crippen LogP contribution in [0, 0.1) is 13.8 Å². The summed E-state index contributed by atoms with van der Waals surface area (Å²) < 4.78 is 31.3. The van der Waals surface area contributed by atoms with Crippen molar-refractivity contribution >= 4 is 21.8 Å². The highest BCUT2D eigenvalue weighted by Gasteiger charge is 2.20. The van der Waals surface area contributed by atoms with Gasteiger partial charge in [-0.25, -0.2) is 15.0 Å². The van der Waals surface area contributed by atoms with Gasteiger partial charge in [0.1, 0.15) is 17.9 Å². The predicted molar refractivity (Wildman–Crippen MR) is 103 cm³/mol. The van der Waals surface area contributed by atoms with Gasteiger partial charge in [0.15, 0.2) is 11.6 Å². The Morgan fingerprint density at radius 1 is 1.21 bits per heavy atom. The minimum Gasteiger partial charge on any atom is -0.435 e. The van der Waals surface area contributed by atoms with Gasteiger partial charge in [-0.1, -0.05) is 15.9 Å². The molecule has 3 aromatic rings. The molecular weight excluding hydrogens is 450 g/mol. The van der Waals surface area contributed by atoms with Crippen LogP contribution in [0.5, 0.6) is 5.75 Å². The summed E-state index contributed by atoms with van der Waals surface area (Å²) in [5.74, 6) is 0.886. The Kier molecular flexibility index (Phi) is 6.16. The zero-order valence-corrected chi connectivity index (χ0v) is 17.3. The van der Waals surface area contributed by atoms with Crippen LogP contribution < -0.4 is 10.1 Å². The topological polar surface area (TPSA) is 94.8 Å². The van der Waals surface area contributed by atoms with Crippen LogP contribution in [-0.4, -0.2) is 37.3 Å². The number of hydrogen-bond donors (Lipinski definition) is 1. The number of carbonyl (C=O) groups is 1. The second-order valence-corrected chi connectivity index (χ2v) is 7.11. The molecule has 2 heterocycles. The molecule has 0 aliphatic rings. The number of benzene rings is 1. The van der Waals surface area contributed by atoms with Crippen LogP contribution in [0.25, 0.3) is 5.82 Å². The summed E-state index contributed by atoms with van der Waals surface area (Å²) in [5, 5.41) is 7.13. The van der Waals surface area contributed by atoms with Crippen molar-refractivity contribution in [3.05, 3.63) is 58.0 Å². The predicted octanol–water partition coefficient (Wildman–Crippen LogP) is 3.53. The van der Waals surface area contributed by atoms with Gasteiger partial charge in [0.25, 0.3) is 5.91 Å². The van der Waals surface area contributed by atoms with E-state index in [9.17, 15) is 13.6 Å². The van der Waals surface area contributed by atoms with Gasteiger partial charge < -0.3 is 10.1 Å². The Labute approximate surface area is 173 Å². The molecule has 1 amide bonds. The van der Waals surface area contributed by atoms with E-state index in [1.165, 1.54) is 29.2 Å². The molecule has 1 N–H and O–H groups in total. The van der Waals surface area contributed by atoms with Crippen LogP contribution in [0.4, 0.5) is 8.78 Å². The Morgan fingerprint density at radius 3 is 2.66 bits per heavy atom. The van der Waals surface area contributed by atoms with Gasteiger partial charge in [0, 0.05) is 21.8 Å². The zero-order valence-electron chi connectivity index (χ0n) is 15.7. The van der Waals surface area contributed by atoms with Crippen LogP contribution in [0.15, 0.2) is 35.1 Å². The number of rotatable bonds is 6. The lowest BCUT2D eigenvalue weighted by Gasteiger charge is -2.15. The van der Waals surface area contributed by atoms with E-state index in [1.807, 2.05) is 6.92 Å². The number of halogens is 3. The van der Waals surface area contributed by atoms with E-state index in [1.54, 1.807) is 19.9 Å². The molecule has 29 heavy (non-hydrogen) atoms. The molecule has 152 valence electrons. The first-order valence-electron chi connectivity index (χ1n) is 8.52. The Balaban J connectivity index is 1.85. The van der Waals surface area contributed by atoms with Crippen molar-refractivity contribution in [1.82, 2.24) is 30.0 Å². The largest absolute Gasteiger partial charge is 0.435 e. The maximum Gasteiger partial charge on any atom is 0.387 e. The molecule has 0 radical (unpaired) electrons. The van der Waals surface area contributed by atoms with E-state index in [-0.39, 0.29) is 11.3 Å². The summed E-state index contributed by atoms with van der Waals surface area (Å²) in [6.07, 6.45) is 1.42. The Hall–Kier alpha value is -2.95. The van der Waals surface area contributed by atoms with Crippen molar-refractivity contribution in [2.45, 2.75) is 33.4 Å². The molecule has 1 atom stereocenters. The molecular formula is C18H17BrF2N6O2. The van der Waals surface area contributed by atoms with Gasteiger partial charge in [0.2, 0.25) is 0 Å². The summed E-state index contributed by atoms with van der Waals surface area (Å²) in [7, 11) is 0. The van der Waals surface area contributed by atoms with E-state index >= 15 is 0 Å². The minimum atomic E-state index is -2.99. The molecule has 0 unspecified atom stereocenters. The van der Waals surface area contributed by atoms with Gasteiger partial charge in [-0.05, 0) is 39.0 Å². The highest BCUT2D eigenvalue weighted by molar-refractivity contribution is 9.10. The number of carbonyl (C=O) groups excluding carboxylic acids is 1. The first-order valence-corrected chi connectivity index (χ1v) is 9.31. The average molecular weight is 467 g/mol. The fourth-order valence-corrected chi connectivity index (χ4v) is 3.12. The van der Waals surface area contributed by atoms with Crippen LogP contribution in [0.2, 0.25) is 0 Å². The maximum absolute atomic E-state index is 12.7. The first kappa shape index (κ1) is 20.8. The molecule has 2 aromatic heterocycles. The van der Waals surface area contributed by atoms with E-state index in [4.69, 9.17) is 0 Å². The van der Waals surface area contributed by atoms with E-state index < -0.39 is 18.6 Å². The fraction of sp³-hybridized carbons (Fsp3) is 0.278. The monoisotopic (exact) mass is 466 g/mol. The minimum absolute atomic E-state index is 0.123. The van der Waals surface area contributed by atoms with Crippen LogP contribution in [0.3, 0.4) is 0 Å². The number of amides is 1. The standard InChI is InChI=1S/C18H17BrF2N6O2/c1-9-4-15(23-8-22-9)27-16(25-11(3)26-27)10(2)24-17(28)12-5-13(19)7-14(6-12)29-18(20)21/h4-8,10,18H,1-3H3,(H,24,28)/t10-/m0/s1. The van der Waals surface area contributed by atoms with Gasteiger partial charge in [-0.3, -0.25) is 4.79 Å². The highest BCUT2D eigenvalue weighted by atomic mass is 79.9. The molecule has 0 saturated heterocycles. The van der Waals surface area contributed by atoms with Gasteiger partial charge >= 0.3 is 6.61 Å². The van der Waals surface area contributed by atoms with Crippen molar-refractivity contribution < 1.29 is 18.3 Å². The molecule has 11 heteroatoms. The second kappa shape index (κ2) is 8.60. The Morgan fingerprint density at radius 2 is 1.97 bits per heavy atom. The number of nitrogens with zero attached hydrogens (tertiary/aromatic N) is 5. The number of alkyl halides is 2. The molecule has 0 fully saturated rings. The number of hydrogen-bond acceptors (Lipinski definition) is 6. The lowest BCUT2D eigenvalue weighted by molar-refractivity contribution is -0.0499. The van der Waals surface area contributed by atoms with E-state index in [2.05, 4.69) is 46.0 Å². The lowest BCUT2D eigenvalue weighted by atomic mass is 10.2. The molecule has 0 spiro atoms. The maximum atomic E-state index is 12.7. The van der Waals surface area contributed by atoms with Crippen molar-refractivity contribution in [2.75, 3.05) is 0 Å². The van der Waals surface area contributed by atoms with E-state index in [0.717, 1.165) is 5.69 Å². The third kappa shape index (κ3) is 5.11. The third-order valence-corrected chi connectivity index (χ3v) is 4.30. The quantitative estimate of drug-likeness (QED) is 0.596. The normalized spacial score (nSPS) is 12.1. The van der Waals surface area contributed by atoms with Crippen molar-refractivity contribution in [3.63, 3.8) is 0 Å². The smallest absolute Gasteiger partial charge is 0.387 e. The van der Waals surface area contributed by atoms with Gasteiger partial charge in [-0.15, -0.1) is 5.10 Å². The van der Waals surface area contributed by atoms with Crippen LogP contribution >= 0.6 is 15.9 Å². The lowest BCUT2D eigenvalue weighted by Crippen LogP contribution is -2.29. The fourth-order valence-electron chi connectivity index (χ4n) is 2.65. The van der Waals surface area contributed by atoms with E-state index in [0.29, 0.717) is 21.9 Å². The summed E-state index contributed by atoms with van der Waals surface area (Å²) >= 11 is 3.19. The summed E-state index contributed by atoms with van der Waals surface area (Å²) in [6.45, 7) is 2.30. The zero-order chi connectivity index (χ0) is 21.1. The number of ether oxygens (including phenoxy) is 1. The van der Waals surface area contributed by atoms with Crippen molar-refractivity contribution in [1.29, 1.82) is 0 Å². The van der Waals surface area contributed by atoms with Gasteiger partial charge in [0.05, 0.1) is 6.04 Å². The molecule has 0 saturated carbocycles. The average Bonchev–Trinajstić information content (AvgIpc) is 3.02. The molecule has 0 aliphatic carbocycles. The summed E-state index contributed by atoms with van der Waals surface area (Å²) in [6, 6.07) is 5.29. The molecule has 3 rings (SSSR count). The summed E-state index contributed by atoms with van der Waals surface area (Å²) in [5.41, 5.74) is 0.911. The second-order valence-electron chi connectivity index (χ2n) is 6.20. The SMILES string of the molecule is Cc1cc(-n2nc(C)nc2[C@H](C)NC(=O)c2cc(Br)cc(OC(F)F)c2)ncn1. The Bertz CT molecular complexity index is 1040. The van der Waals surface area contributed by atoms with Crippen molar-refractivity contribution in [3.8, 4) is 11.6 Å². The molecule has 0 bridgehead atoms. The van der Waals surface area contributed by atoms with Gasteiger partial charge in [-0.2, -0.15) is 13.5 Å². The van der Waals surface area contributed by atoms with Crippen molar-refractivity contribution in [2.24, 2.45) is 0 Å². The van der Waals surface area contributed by atoms with Crippen LogP contribution in [-0.2, 0) is 0 Å². The van der Waals surface area contributed by atoms with Crippen LogP contribution in [0.1, 0.15) is 40.7 Å². The number of aromatic nitrogens is 5. The molecule has 8 nitrogen and oxygen atoms in total. The third-order valence-electron chi connectivity index (χ3n) is 3.84. The summed E-state index contributed by atoms with van der Waals surface area (Å²) in [4.78, 5) is 25.3. The highest BCUT2D eigenvalue weighted by Crippen LogP contribution is 2.24.